The summed E-state index contributed by atoms with van der Waals surface area (Å²) in [6.45, 7) is 0. The fraction of sp³-hybridized carbons (Fsp3) is 0.0714. The van der Waals surface area contributed by atoms with Crippen LogP contribution in [0.3, 0.4) is 0 Å². The van der Waals surface area contributed by atoms with Gasteiger partial charge >= 0.3 is 0 Å². The highest BCUT2D eigenvalue weighted by atomic mass is 79.9. The Bertz CT molecular complexity index is 607. The van der Waals surface area contributed by atoms with Crippen LogP contribution in [0, 0.1) is 11.3 Å². The molecule has 0 spiro atoms. The van der Waals surface area contributed by atoms with Gasteiger partial charge in [0.05, 0.1) is 22.5 Å². The van der Waals surface area contributed by atoms with Gasteiger partial charge in [-0.25, -0.2) is 0 Å². The Balaban J connectivity index is 2.33. The molecule has 0 aliphatic heterocycles. The Morgan fingerprint density at radius 3 is 2.50 bits per heavy atom. The van der Waals surface area contributed by atoms with E-state index >= 15 is 0 Å². The summed E-state index contributed by atoms with van der Waals surface area (Å²) in [7, 11) is 1.62. The average Bonchev–Trinajstić information content (AvgIpc) is 2.82. The van der Waals surface area contributed by atoms with E-state index in [1.807, 2.05) is 42.5 Å². The molecule has 0 saturated heterocycles. The SMILES string of the molecule is COc1ccc(/C(C#N)=C/c2ccc(Br)s2)cc1. The van der Waals surface area contributed by atoms with E-state index in [1.54, 1.807) is 18.4 Å². The molecule has 0 aliphatic rings. The molecule has 0 aliphatic carbocycles. The molecule has 0 radical (unpaired) electrons. The molecule has 90 valence electrons. The van der Waals surface area contributed by atoms with Gasteiger partial charge in [-0.1, -0.05) is 0 Å². The number of nitriles is 1. The maximum Gasteiger partial charge on any atom is 0.118 e. The Labute approximate surface area is 118 Å². The first-order chi connectivity index (χ1) is 8.72. The molecule has 0 fully saturated rings. The van der Waals surface area contributed by atoms with Crippen molar-refractivity contribution in [1.29, 1.82) is 5.26 Å². The van der Waals surface area contributed by atoms with Crippen LogP contribution in [0.5, 0.6) is 5.75 Å². The molecule has 0 bridgehead atoms. The number of benzene rings is 1. The fourth-order valence-electron chi connectivity index (χ4n) is 1.50. The highest BCUT2D eigenvalue weighted by Gasteiger charge is 2.03. The molecular weight excluding hydrogens is 310 g/mol. The molecule has 18 heavy (non-hydrogen) atoms. The molecule has 4 heteroatoms. The molecule has 0 saturated carbocycles. The number of halogens is 1. The van der Waals surface area contributed by atoms with Crippen LogP contribution in [0.4, 0.5) is 0 Å². The molecular formula is C14H10BrNOS. The van der Waals surface area contributed by atoms with Crippen LogP contribution in [0.15, 0.2) is 40.2 Å². The van der Waals surface area contributed by atoms with Gasteiger partial charge in [-0.2, -0.15) is 5.26 Å². The summed E-state index contributed by atoms with van der Waals surface area (Å²) >= 11 is 5.01. The highest BCUT2D eigenvalue weighted by Crippen LogP contribution is 2.27. The normalized spacial score (nSPS) is 11.1. The predicted octanol–water partition coefficient (Wildman–Crippen LogP) is 4.58. The van der Waals surface area contributed by atoms with Gasteiger partial charge in [-0.3, -0.25) is 0 Å². The first-order valence-electron chi connectivity index (χ1n) is 5.24. The third kappa shape index (κ3) is 3.00. The molecule has 0 atom stereocenters. The zero-order valence-corrected chi connectivity index (χ0v) is 12.1. The monoisotopic (exact) mass is 319 g/mol. The first-order valence-corrected chi connectivity index (χ1v) is 6.85. The van der Waals surface area contributed by atoms with Gasteiger partial charge in [0, 0.05) is 4.88 Å². The number of allylic oxidation sites excluding steroid dienone is 1. The van der Waals surface area contributed by atoms with E-state index in [2.05, 4.69) is 22.0 Å². The lowest BCUT2D eigenvalue weighted by Gasteiger charge is -2.01. The van der Waals surface area contributed by atoms with E-state index in [9.17, 15) is 5.26 Å². The second-order valence-corrected chi connectivity index (χ2v) is 6.03. The van der Waals surface area contributed by atoms with Crippen molar-refractivity contribution in [2.45, 2.75) is 0 Å². The average molecular weight is 320 g/mol. The van der Waals surface area contributed by atoms with Crippen molar-refractivity contribution in [1.82, 2.24) is 0 Å². The molecule has 1 aromatic heterocycles. The quantitative estimate of drug-likeness (QED) is 0.775. The lowest BCUT2D eigenvalue weighted by Crippen LogP contribution is -1.84. The summed E-state index contributed by atoms with van der Waals surface area (Å²) in [5.74, 6) is 0.787. The third-order valence-electron chi connectivity index (χ3n) is 2.40. The summed E-state index contributed by atoms with van der Waals surface area (Å²) < 4.78 is 6.15. The third-order valence-corrected chi connectivity index (χ3v) is 3.97. The zero-order valence-electron chi connectivity index (χ0n) is 9.68. The number of rotatable bonds is 3. The van der Waals surface area contributed by atoms with Gasteiger partial charge in [-0.15, -0.1) is 11.3 Å². The Morgan fingerprint density at radius 2 is 2.00 bits per heavy atom. The van der Waals surface area contributed by atoms with E-state index in [0.717, 1.165) is 20.0 Å². The van der Waals surface area contributed by atoms with Crippen molar-refractivity contribution in [2.24, 2.45) is 0 Å². The van der Waals surface area contributed by atoms with E-state index in [-0.39, 0.29) is 0 Å². The molecule has 2 nitrogen and oxygen atoms in total. The van der Waals surface area contributed by atoms with E-state index in [4.69, 9.17) is 4.74 Å². The van der Waals surface area contributed by atoms with Gasteiger partial charge in [0.15, 0.2) is 0 Å². The van der Waals surface area contributed by atoms with Crippen molar-refractivity contribution < 1.29 is 4.74 Å². The summed E-state index contributed by atoms with van der Waals surface area (Å²) in [6.07, 6.45) is 1.89. The number of thiophene rings is 1. The van der Waals surface area contributed by atoms with Gasteiger partial charge in [0.1, 0.15) is 5.75 Å². The van der Waals surface area contributed by atoms with Gasteiger partial charge in [-0.05, 0) is 64.0 Å². The summed E-state index contributed by atoms with van der Waals surface area (Å²) in [4.78, 5) is 1.05. The van der Waals surface area contributed by atoms with Crippen LogP contribution in [0.1, 0.15) is 10.4 Å². The molecule has 0 N–H and O–H groups in total. The smallest absolute Gasteiger partial charge is 0.118 e. The van der Waals surface area contributed by atoms with Crippen LogP contribution in [-0.4, -0.2) is 7.11 Å². The predicted molar refractivity (Wildman–Crippen MR) is 78.5 cm³/mol. The lowest BCUT2D eigenvalue weighted by molar-refractivity contribution is 0.415. The topological polar surface area (TPSA) is 33.0 Å². The van der Waals surface area contributed by atoms with E-state index in [1.165, 1.54) is 0 Å². The molecule has 1 heterocycles. The first kappa shape index (κ1) is 12.9. The van der Waals surface area contributed by atoms with Crippen LogP contribution in [0.25, 0.3) is 11.6 Å². The van der Waals surface area contributed by atoms with Crippen molar-refractivity contribution in [2.75, 3.05) is 7.11 Å². The minimum atomic E-state index is 0.645. The zero-order chi connectivity index (χ0) is 13.0. The second kappa shape index (κ2) is 5.85. The Kier molecular flexibility index (Phi) is 4.19. The standard InChI is InChI=1S/C14H10BrNOS/c1-17-12-4-2-10(3-5-12)11(9-16)8-13-6-7-14(15)18-13/h2-8H,1H3/b11-8+. The molecule has 0 unspecified atom stereocenters. The number of hydrogen-bond acceptors (Lipinski definition) is 3. The van der Waals surface area contributed by atoms with Crippen molar-refractivity contribution >= 4 is 38.9 Å². The van der Waals surface area contributed by atoms with Crippen molar-refractivity contribution in [3.05, 3.63) is 50.6 Å². The maximum absolute atomic E-state index is 9.22. The second-order valence-electron chi connectivity index (χ2n) is 3.54. The van der Waals surface area contributed by atoms with Crippen molar-refractivity contribution in [3.8, 4) is 11.8 Å². The largest absolute Gasteiger partial charge is 0.497 e. The molecule has 1 aromatic carbocycles. The van der Waals surface area contributed by atoms with Gasteiger partial charge in [0.2, 0.25) is 0 Å². The minimum absolute atomic E-state index is 0.645. The van der Waals surface area contributed by atoms with Crippen LogP contribution in [0.2, 0.25) is 0 Å². The summed E-state index contributed by atoms with van der Waals surface area (Å²) in [6, 6.07) is 13.7. The maximum atomic E-state index is 9.22. The number of hydrogen-bond donors (Lipinski definition) is 0. The summed E-state index contributed by atoms with van der Waals surface area (Å²) in [5, 5.41) is 9.22. The van der Waals surface area contributed by atoms with Crippen molar-refractivity contribution in [3.63, 3.8) is 0 Å². The summed E-state index contributed by atoms with van der Waals surface area (Å²) in [5.41, 5.74) is 1.54. The van der Waals surface area contributed by atoms with Gasteiger partial charge in [0.25, 0.3) is 0 Å². The Hall–Kier alpha value is -1.57. The van der Waals surface area contributed by atoms with Gasteiger partial charge < -0.3 is 4.74 Å². The van der Waals surface area contributed by atoms with Crippen LogP contribution >= 0.6 is 27.3 Å². The molecule has 0 amide bonds. The molecule has 2 aromatic rings. The Morgan fingerprint density at radius 1 is 1.28 bits per heavy atom. The van der Waals surface area contributed by atoms with E-state index in [0.29, 0.717) is 5.57 Å². The fourth-order valence-corrected chi connectivity index (χ4v) is 2.87. The highest BCUT2D eigenvalue weighted by molar-refractivity contribution is 9.11. The number of nitrogens with zero attached hydrogens (tertiary/aromatic N) is 1. The lowest BCUT2D eigenvalue weighted by atomic mass is 10.1. The molecule has 2 rings (SSSR count). The van der Waals surface area contributed by atoms with Crippen LogP contribution < -0.4 is 4.74 Å². The van der Waals surface area contributed by atoms with Crippen LogP contribution in [-0.2, 0) is 0 Å². The number of methoxy groups -OCH3 is 1. The minimum Gasteiger partial charge on any atom is -0.497 e. The van der Waals surface area contributed by atoms with E-state index < -0.39 is 0 Å². The number of ether oxygens (including phenoxy) is 1.